The highest BCUT2D eigenvalue weighted by Gasteiger charge is 2.28. The second-order valence-corrected chi connectivity index (χ2v) is 22.2. The Bertz CT molecular complexity index is 3540. The predicted octanol–water partition coefficient (Wildman–Crippen LogP) is 18.5. The van der Waals surface area contributed by atoms with E-state index in [0.29, 0.717) is 74.4 Å². The fourth-order valence-corrected chi connectivity index (χ4v) is 12.3. The molecule has 0 atom stereocenters. The van der Waals surface area contributed by atoms with Crippen LogP contribution >= 0.6 is 116 Å². The number of nitro groups is 4. The molecule has 400 valence electrons. The standard InChI is InChI=1S/C28H22Cl4N4O4S.C24H14Cl4N4O4S/c1-33(2)21-9-11-23(27(31)25(21)17-7-5-15(35(37)38)13-19(17)29)41-24-12-10-22(34(3)4)26(28(24)32)18-8-6-16(36(39)40)14-20(18)30;25-15-9-11(29)1-3-13(15)21-17(31(33)34)5-7-19(23(21)27)37-20-8-6-18(32(35)36)22(24(20)28)14-4-2-12(30)10-16(14)26/h5-14H,1-4H3;1-10H,29-30H2. The highest BCUT2D eigenvalue weighted by molar-refractivity contribution is 7.99. The molecular formula is C52H36Cl8N8O8S2. The number of nitrogen functional groups attached to an aromatic ring is 2. The van der Waals surface area contributed by atoms with Crippen LogP contribution in [0.5, 0.6) is 0 Å². The maximum Gasteiger partial charge on any atom is 0.278 e. The number of nitrogens with two attached hydrogens (primary N) is 2. The Balaban J connectivity index is 0.000000227. The van der Waals surface area contributed by atoms with Gasteiger partial charge in [-0.15, -0.1) is 0 Å². The van der Waals surface area contributed by atoms with Gasteiger partial charge >= 0.3 is 0 Å². The number of halogens is 8. The molecule has 0 bridgehead atoms. The first-order valence-electron chi connectivity index (χ1n) is 22.1. The van der Waals surface area contributed by atoms with E-state index in [-0.39, 0.29) is 64.0 Å². The molecule has 0 aromatic heterocycles. The number of nitrogens with zero attached hydrogens (tertiary/aromatic N) is 6. The van der Waals surface area contributed by atoms with Gasteiger partial charge in [-0.05, 0) is 72.8 Å². The zero-order valence-electron chi connectivity index (χ0n) is 40.5. The van der Waals surface area contributed by atoms with Crippen molar-refractivity contribution in [1.82, 2.24) is 0 Å². The first kappa shape index (κ1) is 59.2. The lowest BCUT2D eigenvalue weighted by Crippen LogP contribution is -2.11. The van der Waals surface area contributed by atoms with Crippen molar-refractivity contribution >= 4 is 162 Å². The van der Waals surface area contributed by atoms with Crippen molar-refractivity contribution in [2.45, 2.75) is 19.6 Å². The molecule has 0 unspecified atom stereocenters. The Labute approximate surface area is 493 Å². The summed E-state index contributed by atoms with van der Waals surface area (Å²) in [6, 6.07) is 30.7. The van der Waals surface area contributed by atoms with E-state index in [4.69, 9.17) is 104 Å². The molecule has 0 aliphatic carbocycles. The Morgan fingerprint density at radius 3 is 0.936 bits per heavy atom. The zero-order chi connectivity index (χ0) is 57.2. The third-order valence-corrected chi connectivity index (χ3v) is 17.0. The number of hydrogen-bond acceptors (Lipinski definition) is 14. The predicted molar refractivity (Wildman–Crippen MR) is 320 cm³/mol. The van der Waals surface area contributed by atoms with Gasteiger partial charge in [0.05, 0.1) is 71.0 Å². The number of hydrogen-bond donors (Lipinski definition) is 2. The number of anilines is 4. The molecule has 8 aromatic carbocycles. The van der Waals surface area contributed by atoms with E-state index in [9.17, 15) is 40.5 Å². The Kier molecular flexibility index (Phi) is 18.8. The van der Waals surface area contributed by atoms with E-state index < -0.39 is 19.7 Å². The van der Waals surface area contributed by atoms with Gasteiger partial charge in [-0.1, -0.05) is 128 Å². The largest absolute Gasteiger partial charge is 0.399 e. The number of rotatable bonds is 14. The SMILES string of the molecule is CN(C)c1ccc(Sc2ccc(N(C)C)c(-c3ccc([N+](=O)[O-])cc3Cl)c2Cl)c(Cl)c1-c1ccc([N+](=O)[O-])cc1Cl.Nc1ccc(-c2c([N+](=O)[O-])ccc(Sc3ccc([N+](=O)[O-])c(-c4ccc(N)cc4Cl)c3Cl)c2Cl)c(Cl)c1. The third kappa shape index (κ3) is 12.5. The maximum atomic E-state index is 11.8. The molecule has 0 spiro atoms. The first-order valence-corrected chi connectivity index (χ1v) is 26.7. The first-order chi connectivity index (χ1) is 36.8. The smallest absolute Gasteiger partial charge is 0.278 e. The zero-order valence-corrected chi connectivity index (χ0v) is 48.2. The average molecular weight is 1250 g/mol. The molecule has 16 nitrogen and oxygen atoms in total. The van der Waals surface area contributed by atoms with Crippen LogP contribution in [0.25, 0.3) is 44.5 Å². The lowest BCUT2D eigenvalue weighted by molar-refractivity contribution is -0.385. The van der Waals surface area contributed by atoms with Crippen LogP contribution in [0.2, 0.25) is 40.2 Å². The molecule has 78 heavy (non-hydrogen) atoms. The van der Waals surface area contributed by atoms with E-state index in [1.54, 1.807) is 36.4 Å². The van der Waals surface area contributed by atoms with E-state index in [0.717, 1.165) is 23.1 Å². The minimum atomic E-state index is -0.567. The molecule has 4 N–H and O–H groups in total. The Hall–Kier alpha value is -6.42. The average Bonchev–Trinajstić information content (AvgIpc) is 3.49. The summed E-state index contributed by atoms with van der Waals surface area (Å²) in [6.45, 7) is 0. The fourth-order valence-electron chi connectivity index (χ4n) is 7.92. The quantitative estimate of drug-likeness (QED) is 0.0586. The van der Waals surface area contributed by atoms with E-state index in [2.05, 4.69) is 0 Å². The fraction of sp³-hybridized carbons (Fsp3) is 0.0769. The van der Waals surface area contributed by atoms with Gasteiger partial charge in [0.25, 0.3) is 22.7 Å². The van der Waals surface area contributed by atoms with Crippen molar-refractivity contribution in [3.05, 3.63) is 202 Å². The summed E-state index contributed by atoms with van der Waals surface area (Å²) in [7, 11) is 7.44. The van der Waals surface area contributed by atoms with Gasteiger partial charge in [0.1, 0.15) is 0 Å². The summed E-state index contributed by atoms with van der Waals surface area (Å²) in [4.78, 5) is 49.8. The van der Waals surface area contributed by atoms with Gasteiger partial charge in [0.15, 0.2) is 0 Å². The van der Waals surface area contributed by atoms with Crippen molar-refractivity contribution in [3.8, 4) is 44.5 Å². The number of nitro benzene ring substituents is 4. The van der Waals surface area contributed by atoms with Crippen LogP contribution in [0.1, 0.15) is 0 Å². The summed E-state index contributed by atoms with van der Waals surface area (Å²) < 4.78 is 0. The minimum Gasteiger partial charge on any atom is -0.399 e. The van der Waals surface area contributed by atoms with Crippen LogP contribution in [0.3, 0.4) is 0 Å². The van der Waals surface area contributed by atoms with E-state index in [1.165, 1.54) is 72.4 Å². The van der Waals surface area contributed by atoms with Gasteiger partial charge in [0, 0.05) is 140 Å². The lowest BCUT2D eigenvalue weighted by atomic mass is 10.0. The molecule has 26 heteroatoms. The normalized spacial score (nSPS) is 10.9. The monoisotopic (exact) mass is 1240 g/mol. The lowest BCUT2D eigenvalue weighted by Gasteiger charge is -2.23. The highest BCUT2D eigenvalue weighted by Crippen LogP contribution is 2.53. The molecule has 0 radical (unpaired) electrons. The highest BCUT2D eigenvalue weighted by atomic mass is 35.5. The van der Waals surface area contributed by atoms with Crippen LogP contribution in [-0.2, 0) is 0 Å². The van der Waals surface area contributed by atoms with Crippen molar-refractivity contribution in [3.63, 3.8) is 0 Å². The van der Waals surface area contributed by atoms with E-state index >= 15 is 0 Å². The molecule has 0 heterocycles. The van der Waals surface area contributed by atoms with Gasteiger partial charge in [-0.2, -0.15) is 0 Å². The van der Waals surface area contributed by atoms with Crippen LogP contribution in [-0.4, -0.2) is 47.9 Å². The molecular weight excluding hydrogens is 1210 g/mol. The number of benzene rings is 8. The summed E-state index contributed by atoms with van der Waals surface area (Å²) in [5, 5.41) is 47.7. The summed E-state index contributed by atoms with van der Waals surface area (Å²) in [5.74, 6) is 0. The summed E-state index contributed by atoms with van der Waals surface area (Å²) in [6.07, 6.45) is 0. The van der Waals surface area contributed by atoms with Crippen molar-refractivity contribution < 1.29 is 19.7 Å². The third-order valence-electron chi connectivity index (χ3n) is 11.5. The van der Waals surface area contributed by atoms with E-state index in [1.807, 2.05) is 62.3 Å². The molecule has 0 saturated heterocycles. The van der Waals surface area contributed by atoms with Crippen molar-refractivity contribution in [2.24, 2.45) is 0 Å². The van der Waals surface area contributed by atoms with Gasteiger partial charge in [-0.25, -0.2) is 0 Å². The van der Waals surface area contributed by atoms with Crippen LogP contribution < -0.4 is 21.3 Å². The van der Waals surface area contributed by atoms with Crippen LogP contribution in [0.15, 0.2) is 141 Å². The summed E-state index contributed by atoms with van der Waals surface area (Å²) >= 11 is 55.5. The van der Waals surface area contributed by atoms with Crippen LogP contribution in [0.4, 0.5) is 45.5 Å². The maximum absolute atomic E-state index is 11.8. The molecule has 8 rings (SSSR count). The molecule has 0 aliphatic heterocycles. The van der Waals surface area contributed by atoms with Gasteiger partial charge < -0.3 is 21.3 Å². The minimum absolute atomic E-state index is 0.0485. The molecule has 0 aliphatic rings. The molecule has 0 amide bonds. The second kappa shape index (κ2) is 24.7. The summed E-state index contributed by atoms with van der Waals surface area (Å²) in [5.41, 5.74) is 16.2. The van der Waals surface area contributed by atoms with Crippen molar-refractivity contribution in [2.75, 3.05) is 49.5 Å². The Morgan fingerprint density at radius 2 is 0.654 bits per heavy atom. The van der Waals surface area contributed by atoms with Crippen LogP contribution in [0, 0.1) is 40.5 Å². The molecule has 8 aromatic rings. The number of non-ortho nitro benzene ring substituents is 2. The second-order valence-electron chi connectivity index (χ2n) is 16.9. The topological polar surface area (TPSA) is 231 Å². The van der Waals surface area contributed by atoms with Gasteiger partial charge in [-0.3, -0.25) is 40.5 Å². The molecule has 0 fully saturated rings. The molecule has 0 saturated carbocycles. The van der Waals surface area contributed by atoms with Gasteiger partial charge in [0.2, 0.25) is 0 Å². The Morgan fingerprint density at radius 1 is 0.372 bits per heavy atom. The van der Waals surface area contributed by atoms with Crippen molar-refractivity contribution in [1.29, 1.82) is 0 Å².